The first-order chi connectivity index (χ1) is 9.77. The second kappa shape index (κ2) is 5.79. The number of halogens is 5. The van der Waals surface area contributed by atoms with Crippen molar-refractivity contribution in [3.8, 4) is 5.75 Å². The van der Waals surface area contributed by atoms with Crippen LogP contribution in [0.15, 0.2) is 29.3 Å². The van der Waals surface area contributed by atoms with Gasteiger partial charge in [-0.05, 0) is 29.8 Å². The van der Waals surface area contributed by atoms with Crippen LogP contribution in [0.1, 0.15) is 12.0 Å². The number of alkyl halides is 5. The molecule has 2 rings (SSSR count). The molecule has 1 aliphatic heterocycles. The van der Waals surface area contributed by atoms with E-state index in [0.29, 0.717) is 5.56 Å². The lowest BCUT2D eigenvalue weighted by molar-refractivity contribution is -0.179. The summed E-state index contributed by atoms with van der Waals surface area (Å²) in [6.07, 6.45) is -5.16. The van der Waals surface area contributed by atoms with Crippen LogP contribution in [-0.2, 0) is 4.79 Å². The SMILES string of the molecule is O=C1CN=C(c2ccc(OC(F)F)cc2)CC1C(F)(F)F. The van der Waals surface area contributed by atoms with Crippen molar-refractivity contribution in [2.75, 3.05) is 6.54 Å². The molecular weight excluding hydrogens is 297 g/mol. The number of ether oxygens (including phenoxy) is 1. The van der Waals surface area contributed by atoms with Gasteiger partial charge in [-0.3, -0.25) is 9.79 Å². The molecule has 1 aliphatic rings. The fraction of sp³-hybridized carbons (Fsp3) is 0.385. The Morgan fingerprint density at radius 1 is 1.19 bits per heavy atom. The van der Waals surface area contributed by atoms with E-state index in [9.17, 15) is 26.7 Å². The van der Waals surface area contributed by atoms with E-state index in [-0.39, 0.29) is 11.5 Å². The second-order valence-electron chi connectivity index (χ2n) is 4.43. The van der Waals surface area contributed by atoms with Crippen molar-refractivity contribution in [1.29, 1.82) is 0 Å². The lowest BCUT2D eigenvalue weighted by Crippen LogP contribution is -2.37. The zero-order chi connectivity index (χ0) is 15.6. The van der Waals surface area contributed by atoms with Crippen molar-refractivity contribution in [1.82, 2.24) is 0 Å². The maximum absolute atomic E-state index is 12.7. The van der Waals surface area contributed by atoms with Crippen LogP contribution in [0.3, 0.4) is 0 Å². The molecule has 0 bridgehead atoms. The van der Waals surface area contributed by atoms with Crippen LogP contribution in [0.2, 0.25) is 0 Å². The molecule has 0 spiro atoms. The number of carbonyl (C=O) groups is 1. The van der Waals surface area contributed by atoms with Crippen molar-refractivity contribution in [2.24, 2.45) is 10.9 Å². The van der Waals surface area contributed by atoms with E-state index in [1.807, 2.05) is 0 Å². The van der Waals surface area contributed by atoms with Crippen LogP contribution in [0.4, 0.5) is 22.0 Å². The minimum atomic E-state index is -4.61. The number of aliphatic imine (C=N–C) groups is 1. The van der Waals surface area contributed by atoms with Crippen LogP contribution < -0.4 is 4.74 Å². The minimum Gasteiger partial charge on any atom is -0.435 e. The minimum absolute atomic E-state index is 0.103. The number of benzene rings is 1. The number of ketones is 1. The number of rotatable bonds is 3. The molecule has 21 heavy (non-hydrogen) atoms. The Hall–Kier alpha value is -1.99. The first-order valence-electron chi connectivity index (χ1n) is 5.95. The fourth-order valence-corrected chi connectivity index (χ4v) is 1.99. The first kappa shape index (κ1) is 15.4. The van der Waals surface area contributed by atoms with E-state index < -0.39 is 37.5 Å². The average molecular weight is 307 g/mol. The van der Waals surface area contributed by atoms with Gasteiger partial charge in [0.2, 0.25) is 0 Å². The number of carbonyl (C=O) groups excluding carboxylic acids is 1. The third-order valence-electron chi connectivity index (χ3n) is 3.02. The molecule has 0 amide bonds. The standard InChI is InChI=1S/C13H10F5NO2/c14-12(15)21-8-3-1-7(2-4-8)10-5-9(13(16,17)18)11(20)6-19-10/h1-4,9,12H,5-6H2. The summed E-state index contributed by atoms with van der Waals surface area (Å²) < 4.78 is 66.3. The van der Waals surface area contributed by atoms with Gasteiger partial charge in [0, 0.05) is 12.1 Å². The predicted octanol–water partition coefficient (Wildman–Crippen LogP) is 3.23. The van der Waals surface area contributed by atoms with Crippen molar-refractivity contribution < 1.29 is 31.5 Å². The summed E-state index contributed by atoms with van der Waals surface area (Å²) in [5.74, 6) is -3.14. The van der Waals surface area contributed by atoms with Gasteiger partial charge in [-0.1, -0.05) is 0 Å². The molecule has 8 heteroatoms. The fourth-order valence-electron chi connectivity index (χ4n) is 1.99. The van der Waals surface area contributed by atoms with Crippen LogP contribution in [0, 0.1) is 5.92 Å². The maximum Gasteiger partial charge on any atom is 0.399 e. The summed E-state index contributed by atoms with van der Waals surface area (Å²) in [6.45, 7) is -3.51. The highest BCUT2D eigenvalue weighted by atomic mass is 19.4. The smallest absolute Gasteiger partial charge is 0.399 e. The quantitative estimate of drug-likeness (QED) is 0.804. The average Bonchev–Trinajstić information content (AvgIpc) is 2.38. The third kappa shape index (κ3) is 3.77. The van der Waals surface area contributed by atoms with Crippen LogP contribution >= 0.6 is 0 Å². The molecule has 1 aromatic carbocycles. The summed E-state index contributed by atoms with van der Waals surface area (Å²) in [5, 5.41) is 0. The zero-order valence-corrected chi connectivity index (χ0v) is 10.5. The van der Waals surface area contributed by atoms with Gasteiger partial charge in [0.25, 0.3) is 0 Å². The molecule has 0 saturated heterocycles. The number of Topliss-reactive ketones (excluding diaryl/α,β-unsaturated/α-hetero) is 1. The Bertz CT molecular complexity index is 551. The van der Waals surface area contributed by atoms with E-state index in [1.165, 1.54) is 24.3 Å². The largest absolute Gasteiger partial charge is 0.435 e. The van der Waals surface area contributed by atoms with Crippen molar-refractivity contribution in [2.45, 2.75) is 19.2 Å². The number of hydrogen-bond donors (Lipinski definition) is 0. The van der Waals surface area contributed by atoms with Gasteiger partial charge in [0.15, 0.2) is 5.78 Å². The van der Waals surface area contributed by atoms with Crippen LogP contribution in [0.25, 0.3) is 0 Å². The molecule has 1 unspecified atom stereocenters. The highest BCUT2D eigenvalue weighted by Crippen LogP contribution is 2.33. The predicted molar refractivity (Wildman–Crippen MR) is 63.6 cm³/mol. The molecule has 3 nitrogen and oxygen atoms in total. The summed E-state index contributed by atoms with van der Waals surface area (Å²) in [5.41, 5.74) is 0.471. The van der Waals surface area contributed by atoms with Crippen molar-refractivity contribution in [3.05, 3.63) is 29.8 Å². The van der Waals surface area contributed by atoms with Gasteiger partial charge in [0.1, 0.15) is 11.7 Å². The molecule has 1 heterocycles. The highest BCUT2D eigenvalue weighted by molar-refractivity contribution is 6.06. The second-order valence-corrected chi connectivity index (χ2v) is 4.43. The third-order valence-corrected chi connectivity index (χ3v) is 3.02. The highest BCUT2D eigenvalue weighted by Gasteiger charge is 2.46. The summed E-state index contributed by atoms with van der Waals surface area (Å²) in [6, 6.07) is 5.09. The van der Waals surface area contributed by atoms with Gasteiger partial charge in [0.05, 0.1) is 6.54 Å². The molecule has 0 fully saturated rings. The van der Waals surface area contributed by atoms with Gasteiger partial charge in [-0.2, -0.15) is 22.0 Å². The molecule has 0 saturated carbocycles. The molecule has 0 N–H and O–H groups in total. The van der Waals surface area contributed by atoms with E-state index in [1.54, 1.807) is 0 Å². The molecule has 0 aliphatic carbocycles. The zero-order valence-electron chi connectivity index (χ0n) is 10.5. The molecule has 1 atom stereocenters. The topological polar surface area (TPSA) is 38.7 Å². The maximum atomic E-state index is 12.7. The number of nitrogens with zero attached hydrogens (tertiary/aromatic N) is 1. The molecule has 0 aromatic heterocycles. The van der Waals surface area contributed by atoms with Crippen molar-refractivity contribution >= 4 is 11.5 Å². The van der Waals surface area contributed by atoms with E-state index >= 15 is 0 Å². The molecule has 1 aromatic rings. The summed E-state index contributed by atoms with van der Waals surface area (Å²) >= 11 is 0. The van der Waals surface area contributed by atoms with Crippen molar-refractivity contribution in [3.63, 3.8) is 0 Å². The molecular formula is C13H10F5NO2. The van der Waals surface area contributed by atoms with E-state index in [2.05, 4.69) is 9.73 Å². The lowest BCUT2D eigenvalue weighted by atomic mass is 9.90. The van der Waals surface area contributed by atoms with Gasteiger partial charge < -0.3 is 4.74 Å². The molecule has 0 radical (unpaired) electrons. The number of hydrogen-bond acceptors (Lipinski definition) is 3. The van der Waals surface area contributed by atoms with Gasteiger partial charge in [-0.15, -0.1) is 0 Å². The Morgan fingerprint density at radius 2 is 1.81 bits per heavy atom. The van der Waals surface area contributed by atoms with E-state index in [0.717, 1.165) is 0 Å². The Morgan fingerprint density at radius 3 is 2.33 bits per heavy atom. The first-order valence-corrected chi connectivity index (χ1v) is 5.95. The van der Waals surface area contributed by atoms with Gasteiger partial charge in [-0.25, -0.2) is 0 Å². The lowest BCUT2D eigenvalue weighted by Gasteiger charge is -2.23. The monoisotopic (exact) mass is 307 g/mol. The molecule has 114 valence electrons. The Kier molecular flexibility index (Phi) is 4.24. The normalized spacial score (nSPS) is 19.6. The van der Waals surface area contributed by atoms with Gasteiger partial charge >= 0.3 is 12.8 Å². The van der Waals surface area contributed by atoms with Crippen LogP contribution in [-0.4, -0.2) is 30.8 Å². The summed E-state index contributed by atoms with van der Waals surface area (Å²) in [4.78, 5) is 15.1. The van der Waals surface area contributed by atoms with Crippen LogP contribution in [0.5, 0.6) is 5.75 Å². The summed E-state index contributed by atoms with van der Waals surface area (Å²) in [7, 11) is 0. The Balaban J connectivity index is 2.17. The Labute approximate surface area is 116 Å². The van der Waals surface area contributed by atoms with E-state index in [4.69, 9.17) is 0 Å².